The maximum atomic E-state index is 12.4. The molecule has 1 aromatic carbocycles. The van der Waals surface area contributed by atoms with Crippen LogP contribution in [0.3, 0.4) is 0 Å². The van der Waals surface area contributed by atoms with E-state index in [1.54, 1.807) is 0 Å². The Hall–Kier alpha value is -2.25. The van der Waals surface area contributed by atoms with E-state index >= 15 is 0 Å². The first kappa shape index (κ1) is 18.1. The molecule has 144 valence electrons. The summed E-state index contributed by atoms with van der Waals surface area (Å²) in [4.78, 5) is 19.0. The molecule has 3 heterocycles. The Morgan fingerprint density at radius 2 is 1.59 bits per heavy atom. The number of hydrogen-bond acceptors (Lipinski definition) is 6. The third kappa shape index (κ3) is 4.73. The van der Waals surface area contributed by atoms with Crippen LogP contribution >= 0.6 is 0 Å². The molecule has 1 amide bonds. The van der Waals surface area contributed by atoms with Gasteiger partial charge in [-0.2, -0.15) is 0 Å². The lowest BCUT2D eigenvalue weighted by Crippen LogP contribution is -2.50. The molecular weight excluding hydrogens is 342 g/mol. The van der Waals surface area contributed by atoms with Gasteiger partial charge in [-0.25, -0.2) is 0 Å². The number of piperazine rings is 1. The van der Waals surface area contributed by atoms with E-state index in [0.29, 0.717) is 24.9 Å². The molecule has 0 radical (unpaired) electrons. The molecular formula is C20H27N5O2. The van der Waals surface area contributed by atoms with Crippen LogP contribution < -0.4 is 0 Å². The average molecular weight is 369 g/mol. The Balaban J connectivity index is 1.24. The van der Waals surface area contributed by atoms with E-state index in [0.717, 1.165) is 57.7 Å². The van der Waals surface area contributed by atoms with Gasteiger partial charge in [0, 0.05) is 44.8 Å². The maximum absolute atomic E-state index is 12.4. The summed E-state index contributed by atoms with van der Waals surface area (Å²) in [5.74, 6) is 1.50. The highest BCUT2D eigenvalue weighted by Crippen LogP contribution is 2.18. The van der Waals surface area contributed by atoms with Gasteiger partial charge in [0.15, 0.2) is 0 Å². The molecule has 0 atom stereocenters. The number of piperidine rings is 1. The predicted molar refractivity (Wildman–Crippen MR) is 102 cm³/mol. The van der Waals surface area contributed by atoms with Crippen LogP contribution in [0.5, 0.6) is 0 Å². The van der Waals surface area contributed by atoms with Crippen LogP contribution in [0.25, 0.3) is 11.5 Å². The molecule has 0 unspecified atom stereocenters. The van der Waals surface area contributed by atoms with E-state index < -0.39 is 0 Å². The predicted octanol–water partition coefficient (Wildman–Crippen LogP) is 1.87. The SMILES string of the molecule is O=C(CN1CCN(Cc2nnc(-c3ccccc3)o2)CC1)N1CCCCC1. The third-order valence-corrected chi connectivity index (χ3v) is 5.38. The largest absolute Gasteiger partial charge is 0.419 e. The molecule has 2 aliphatic rings. The van der Waals surface area contributed by atoms with Crippen LogP contribution in [-0.4, -0.2) is 76.6 Å². The summed E-state index contributed by atoms with van der Waals surface area (Å²) < 4.78 is 5.80. The van der Waals surface area contributed by atoms with Crippen molar-refractivity contribution in [1.29, 1.82) is 0 Å². The first-order chi connectivity index (χ1) is 13.3. The minimum atomic E-state index is 0.285. The summed E-state index contributed by atoms with van der Waals surface area (Å²) in [5.41, 5.74) is 0.942. The van der Waals surface area contributed by atoms with Gasteiger partial charge in [-0.1, -0.05) is 18.2 Å². The molecule has 0 saturated carbocycles. The number of nitrogens with zero attached hydrogens (tertiary/aromatic N) is 5. The molecule has 0 N–H and O–H groups in total. The number of aromatic nitrogens is 2. The molecule has 2 saturated heterocycles. The van der Waals surface area contributed by atoms with Gasteiger partial charge in [-0.05, 0) is 31.4 Å². The zero-order chi connectivity index (χ0) is 18.5. The number of carbonyl (C=O) groups excluding carboxylic acids is 1. The summed E-state index contributed by atoms with van der Waals surface area (Å²) in [5, 5.41) is 8.34. The molecule has 2 fully saturated rings. The number of amides is 1. The highest BCUT2D eigenvalue weighted by Gasteiger charge is 2.23. The third-order valence-electron chi connectivity index (χ3n) is 5.38. The Labute approximate surface area is 159 Å². The van der Waals surface area contributed by atoms with Gasteiger partial charge < -0.3 is 9.32 Å². The fraction of sp³-hybridized carbons (Fsp3) is 0.550. The van der Waals surface area contributed by atoms with E-state index in [2.05, 4.69) is 20.0 Å². The lowest BCUT2D eigenvalue weighted by molar-refractivity contribution is -0.133. The monoisotopic (exact) mass is 369 g/mol. The minimum absolute atomic E-state index is 0.285. The Bertz CT molecular complexity index is 734. The van der Waals surface area contributed by atoms with E-state index in [9.17, 15) is 4.79 Å². The Kier molecular flexibility index (Phi) is 5.79. The fourth-order valence-corrected chi connectivity index (χ4v) is 3.75. The van der Waals surface area contributed by atoms with Crippen molar-refractivity contribution >= 4 is 5.91 Å². The number of benzene rings is 1. The van der Waals surface area contributed by atoms with Gasteiger partial charge in [-0.15, -0.1) is 10.2 Å². The van der Waals surface area contributed by atoms with Crippen LogP contribution in [-0.2, 0) is 11.3 Å². The van der Waals surface area contributed by atoms with E-state index in [1.165, 1.54) is 6.42 Å². The molecule has 7 nitrogen and oxygen atoms in total. The zero-order valence-electron chi connectivity index (χ0n) is 15.7. The highest BCUT2D eigenvalue weighted by atomic mass is 16.4. The van der Waals surface area contributed by atoms with E-state index in [4.69, 9.17) is 4.42 Å². The Morgan fingerprint density at radius 3 is 2.33 bits per heavy atom. The number of hydrogen-bond donors (Lipinski definition) is 0. The van der Waals surface area contributed by atoms with Crippen LogP contribution in [0.15, 0.2) is 34.7 Å². The van der Waals surface area contributed by atoms with Gasteiger partial charge >= 0.3 is 0 Å². The molecule has 7 heteroatoms. The second-order valence-electron chi connectivity index (χ2n) is 7.36. The molecule has 2 aliphatic heterocycles. The average Bonchev–Trinajstić information content (AvgIpc) is 3.19. The molecule has 1 aromatic heterocycles. The van der Waals surface area contributed by atoms with Crippen LogP contribution in [0.2, 0.25) is 0 Å². The molecule has 0 spiro atoms. The normalized spacial score (nSPS) is 19.3. The van der Waals surface area contributed by atoms with E-state index in [-0.39, 0.29) is 5.91 Å². The number of carbonyl (C=O) groups is 1. The Morgan fingerprint density at radius 1 is 0.889 bits per heavy atom. The van der Waals surface area contributed by atoms with Crippen molar-refractivity contribution in [3.8, 4) is 11.5 Å². The highest BCUT2D eigenvalue weighted by molar-refractivity contribution is 5.78. The summed E-state index contributed by atoms with van der Waals surface area (Å²) in [6.07, 6.45) is 3.55. The van der Waals surface area contributed by atoms with Crippen LogP contribution in [0.1, 0.15) is 25.2 Å². The van der Waals surface area contributed by atoms with Gasteiger partial charge in [0.1, 0.15) is 0 Å². The first-order valence-electron chi connectivity index (χ1n) is 9.88. The molecule has 2 aromatic rings. The molecule has 4 rings (SSSR count). The van der Waals surface area contributed by atoms with Gasteiger partial charge in [0.2, 0.25) is 17.7 Å². The van der Waals surface area contributed by atoms with Gasteiger partial charge in [-0.3, -0.25) is 14.6 Å². The second-order valence-corrected chi connectivity index (χ2v) is 7.36. The van der Waals surface area contributed by atoms with Crippen molar-refractivity contribution in [1.82, 2.24) is 24.9 Å². The molecule has 0 aliphatic carbocycles. The zero-order valence-corrected chi connectivity index (χ0v) is 15.7. The van der Waals surface area contributed by atoms with Crippen molar-refractivity contribution < 1.29 is 9.21 Å². The minimum Gasteiger partial charge on any atom is -0.419 e. The smallest absolute Gasteiger partial charge is 0.247 e. The summed E-state index contributed by atoms with van der Waals surface area (Å²) in [7, 11) is 0. The summed E-state index contributed by atoms with van der Waals surface area (Å²) in [6.45, 7) is 6.70. The van der Waals surface area contributed by atoms with Crippen molar-refractivity contribution in [2.75, 3.05) is 45.8 Å². The lowest BCUT2D eigenvalue weighted by Gasteiger charge is -2.35. The van der Waals surface area contributed by atoms with Crippen molar-refractivity contribution in [2.45, 2.75) is 25.8 Å². The second kappa shape index (κ2) is 8.63. The fourth-order valence-electron chi connectivity index (χ4n) is 3.75. The topological polar surface area (TPSA) is 65.7 Å². The summed E-state index contributed by atoms with van der Waals surface area (Å²) >= 11 is 0. The quantitative estimate of drug-likeness (QED) is 0.802. The number of rotatable bonds is 5. The number of likely N-dealkylation sites (tertiary alicyclic amines) is 1. The summed E-state index contributed by atoms with van der Waals surface area (Å²) in [6, 6.07) is 9.83. The van der Waals surface area contributed by atoms with Crippen LogP contribution in [0.4, 0.5) is 0 Å². The van der Waals surface area contributed by atoms with Crippen molar-refractivity contribution in [2.24, 2.45) is 0 Å². The molecule has 27 heavy (non-hydrogen) atoms. The van der Waals surface area contributed by atoms with Gasteiger partial charge in [0.25, 0.3) is 0 Å². The van der Waals surface area contributed by atoms with Crippen molar-refractivity contribution in [3.05, 3.63) is 36.2 Å². The van der Waals surface area contributed by atoms with E-state index in [1.807, 2.05) is 35.2 Å². The first-order valence-corrected chi connectivity index (χ1v) is 9.88. The van der Waals surface area contributed by atoms with Crippen molar-refractivity contribution in [3.63, 3.8) is 0 Å². The standard InChI is InChI=1S/C20H27N5O2/c26-19(25-9-5-2-6-10-25)16-24-13-11-23(12-14-24)15-18-21-22-20(27-18)17-7-3-1-4-8-17/h1,3-4,7-8H,2,5-6,9-16H2. The van der Waals surface area contributed by atoms with Gasteiger partial charge in [0.05, 0.1) is 13.1 Å². The van der Waals surface area contributed by atoms with Crippen LogP contribution in [0, 0.1) is 0 Å². The maximum Gasteiger partial charge on any atom is 0.247 e. The molecule has 0 bridgehead atoms. The lowest BCUT2D eigenvalue weighted by atomic mass is 10.1.